The number of benzene rings is 1. The summed E-state index contributed by atoms with van der Waals surface area (Å²) in [7, 11) is 0. The van der Waals surface area contributed by atoms with Crippen molar-refractivity contribution >= 4 is 16.8 Å². The largest absolute Gasteiger partial charge is 0.409 e. The van der Waals surface area contributed by atoms with Crippen LogP contribution in [0.5, 0.6) is 0 Å². The lowest BCUT2D eigenvalue weighted by molar-refractivity contribution is -0.0448. The monoisotopic (exact) mass is 333 g/mol. The maximum absolute atomic E-state index is 12.8. The summed E-state index contributed by atoms with van der Waals surface area (Å²) in [5.74, 6) is -0.786. The SMILES string of the molecule is CCOn1c(C(=O)N(CO)C2CCCO2)nc2ccccc2c1=O. The van der Waals surface area contributed by atoms with Gasteiger partial charge in [-0.05, 0) is 31.9 Å². The Morgan fingerprint density at radius 2 is 2.29 bits per heavy atom. The molecule has 3 rings (SSSR count). The van der Waals surface area contributed by atoms with Gasteiger partial charge in [0.1, 0.15) is 19.6 Å². The molecular weight excluding hydrogens is 314 g/mol. The van der Waals surface area contributed by atoms with Gasteiger partial charge < -0.3 is 14.7 Å². The van der Waals surface area contributed by atoms with E-state index in [9.17, 15) is 14.7 Å². The molecule has 2 heterocycles. The fraction of sp³-hybridized carbons (Fsp3) is 0.438. The van der Waals surface area contributed by atoms with E-state index in [1.165, 1.54) is 0 Å². The number of hydrogen-bond acceptors (Lipinski definition) is 6. The third-order valence-electron chi connectivity index (χ3n) is 3.85. The lowest BCUT2D eigenvalue weighted by Crippen LogP contribution is -2.44. The molecular formula is C16H19N3O5. The predicted molar refractivity (Wildman–Crippen MR) is 85.4 cm³/mol. The number of ether oxygens (including phenoxy) is 1. The third-order valence-corrected chi connectivity index (χ3v) is 3.85. The number of nitrogens with zero attached hydrogens (tertiary/aromatic N) is 3. The Morgan fingerprint density at radius 1 is 1.50 bits per heavy atom. The van der Waals surface area contributed by atoms with Crippen molar-refractivity contribution in [2.45, 2.75) is 26.0 Å². The summed E-state index contributed by atoms with van der Waals surface area (Å²) in [4.78, 5) is 36.2. The van der Waals surface area contributed by atoms with Crippen molar-refractivity contribution < 1.29 is 19.5 Å². The van der Waals surface area contributed by atoms with Gasteiger partial charge in [-0.2, -0.15) is 0 Å². The lowest BCUT2D eigenvalue weighted by Gasteiger charge is -2.26. The van der Waals surface area contributed by atoms with E-state index < -0.39 is 24.4 Å². The molecule has 1 fully saturated rings. The van der Waals surface area contributed by atoms with E-state index >= 15 is 0 Å². The molecule has 1 aromatic carbocycles. The zero-order valence-electron chi connectivity index (χ0n) is 13.3. The van der Waals surface area contributed by atoms with Crippen LogP contribution >= 0.6 is 0 Å². The number of carbonyl (C=O) groups is 1. The second kappa shape index (κ2) is 6.98. The van der Waals surface area contributed by atoms with Crippen LogP contribution in [0.3, 0.4) is 0 Å². The van der Waals surface area contributed by atoms with Gasteiger partial charge in [0.2, 0.25) is 5.82 Å². The van der Waals surface area contributed by atoms with Crippen molar-refractivity contribution in [1.82, 2.24) is 14.6 Å². The molecule has 0 spiro atoms. The molecule has 0 saturated carbocycles. The molecule has 128 valence electrons. The smallest absolute Gasteiger partial charge is 0.297 e. The van der Waals surface area contributed by atoms with Crippen LogP contribution in [0.15, 0.2) is 29.1 Å². The second-order valence-electron chi connectivity index (χ2n) is 5.35. The first-order valence-electron chi connectivity index (χ1n) is 7.86. The summed E-state index contributed by atoms with van der Waals surface area (Å²) in [5.41, 5.74) is -0.0666. The zero-order valence-corrected chi connectivity index (χ0v) is 13.3. The van der Waals surface area contributed by atoms with Gasteiger partial charge in [0.25, 0.3) is 11.5 Å². The van der Waals surface area contributed by atoms with Crippen LogP contribution in [0.1, 0.15) is 30.4 Å². The quantitative estimate of drug-likeness (QED) is 0.795. The van der Waals surface area contributed by atoms with E-state index in [2.05, 4.69) is 4.98 Å². The van der Waals surface area contributed by atoms with Crippen LogP contribution in [-0.2, 0) is 4.74 Å². The van der Waals surface area contributed by atoms with E-state index in [1.807, 2.05) is 0 Å². The van der Waals surface area contributed by atoms with Gasteiger partial charge >= 0.3 is 0 Å². The fourth-order valence-electron chi connectivity index (χ4n) is 2.72. The highest BCUT2D eigenvalue weighted by atomic mass is 16.7. The topological polar surface area (TPSA) is 93.9 Å². The van der Waals surface area contributed by atoms with E-state index in [0.717, 1.165) is 16.1 Å². The summed E-state index contributed by atoms with van der Waals surface area (Å²) < 4.78 is 6.35. The van der Waals surface area contributed by atoms with Crippen LogP contribution in [0.25, 0.3) is 10.9 Å². The van der Waals surface area contributed by atoms with Gasteiger partial charge in [-0.25, -0.2) is 4.98 Å². The summed E-state index contributed by atoms with van der Waals surface area (Å²) >= 11 is 0. The van der Waals surface area contributed by atoms with Crippen molar-refractivity contribution in [2.75, 3.05) is 19.9 Å². The highest BCUT2D eigenvalue weighted by Crippen LogP contribution is 2.18. The molecule has 2 aromatic rings. The molecule has 0 radical (unpaired) electrons. The number of aliphatic hydroxyl groups excluding tert-OH is 1. The molecule has 8 heteroatoms. The highest BCUT2D eigenvalue weighted by Gasteiger charge is 2.31. The molecule has 0 bridgehead atoms. The molecule has 1 aromatic heterocycles. The number of aliphatic hydroxyl groups is 1. The molecule has 0 aliphatic carbocycles. The minimum atomic E-state index is -0.610. The van der Waals surface area contributed by atoms with E-state index in [4.69, 9.17) is 9.57 Å². The first-order chi connectivity index (χ1) is 11.7. The maximum Gasteiger partial charge on any atom is 0.297 e. The molecule has 8 nitrogen and oxygen atoms in total. The highest BCUT2D eigenvalue weighted by molar-refractivity contribution is 5.93. The number of carbonyl (C=O) groups excluding carboxylic acids is 1. The number of para-hydroxylation sites is 1. The Hall–Kier alpha value is -2.45. The number of rotatable bonds is 5. The van der Waals surface area contributed by atoms with Crippen molar-refractivity contribution in [3.05, 3.63) is 40.4 Å². The fourth-order valence-corrected chi connectivity index (χ4v) is 2.72. The average molecular weight is 333 g/mol. The van der Waals surface area contributed by atoms with E-state index in [0.29, 0.717) is 23.9 Å². The standard InChI is InChI=1S/C16H19N3O5/c1-2-24-19-14(16(22)18(10-20)13-8-5-9-23-13)17-12-7-4-3-6-11(12)15(19)21/h3-4,6-7,13,20H,2,5,8-10H2,1H3. The van der Waals surface area contributed by atoms with Gasteiger partial charge in [-0.3, -0.25) is 14.5 Å². The summed E-state index contributed by atoms with van der Waals surface area (Å²) in [6.45, 7) is 1.90. The van der Waals surface area contributed by atoms with Crippen molar-refractivity contribution in [3.63, 3.8) is 0 Å². The zero-order chi connectivity index (χ0) is 17.1. The number of amides is 1. The first kappa shape index (κ1) is 16.4. The van der Waals surface area contributed by atoms with Gasteiger partial charge in [0.05, 0.1) is 10.9 Å². The van der Waals surface area contributed by atoms with E-state index in [-0.39, 0.29) is 12.4 Å². The Labute approximate surface area is 138 Å². The van der Waals surface area contributed by atoms with Crippen LogP contribution < -0.4 is 10.4 Å². The van der Waals surface area contributed by atoms with Crippen LogP contribution in [0.4, 0.5) is 0 Å². The minimum Gasteiger partial charge on any atom is -0.409 e. The third kappa shape index (κ3) is 2.85. The first-order valence-corrected chi connectivity index (χ1v) is 7.86. The average Bonchev–Trinajstić information content (AvgIpc) is 3.12. The molecule has 1 atom stereocenters. The van der Waals surface area contributed by atoms with Gasteiger partial charge in [0.15, 0.2) is 0 Å². The Morgan fingerprint density at radius 3 is 2.96 bits per heavy atom. The minimum absolute atomic E-state index is 0.176. The normalized spacial score (nSPS) is 17.2. The molecule has 24 heavy (non-hydrogen) atoms. The van der Waals surface area contributed by atoms with Gasteiger partial charge in [-0.15, -0.1) is 4.73 Å². The summed E-state index contributed by atoms with van der Waals surface area (Å²) in [6, 6.07) is 6.73. The second-order valence-corrected chi connectivity index (χ2v) is 5.35. The maximum atomic E-state index is 12.8. The molecule has 1 unspecified atom stereocenters. The van der Waals surface area contributed by atoms with Crippen molar-refractivity contribution in [3.8, 4) is 0 Å². The molecule has 1 aliphatic heterocycles. The van der Waals surface area contributed by atoms with Crippen LogP contribution in [0.2, 0.25) is 0 Å². The predicted octanol–water partition coefficient (Wildman–Crippen LogP) is 0.373. The molecule has 1 amide bonds. The number of aromatic nitrogens is 2. The molecule has 1 N–H and O–H groups in total. The summed E-state index contributed by atoms with van der Waals surface area (Å²) in [6.07, 6.45) is 0.900. The number of hydrogen-bond donors (Lipinski definition) is 1. The lowest BCUT2D eigenvalue weighted by atomic mass is 10.2. The number of fused-ring (bicyclic) bond motifs is 1. The van der Waals surface area contributed by atoms with Crippen LogP contribution in [0, 0.1) is 0 Å². The van der Waals surface area contributed by atoms with E-state index in [1.54, 1.807) is 31.2 Å². The Balaban J connectivity index is 2.10. The molecule has 1 aliphatic rings. The summed E-state index contributed by atoms with van der Waals surface area (Å²) in [5, 5.41) is 9.95. The van der Waals surface area contributed by atoms with Gasteiger partial charge in [-0.1, -0.05) is 12.1 Å². The van der Waals surface area contributed by atoms with Crippen molar-refractivity contribution in [1.29, 1.82) is 0 Å². The van der Waals surface area contributed by atoms with Gasteiger partial charge in [0, 0.05) is 6.61 Å². The van der Waals surface area contributed by atoms with Crippen molar-refractivity contribution in [2.24, 2.45) is 0 Å². The Bertz CT molecular complexity index is 798. The molecule has 1 saturated heterocycles. The van der Waals surface area contributed by atoms with Crippen LogP contribution in [-0.4, -0.2) is 51.8 Å². The Kier molecular flexibility index (Phi) is 4.77.